The molecule has 0 aliphatic heterocycles. The second-order valence-electron chi connectivity index (χ2n) is 3.59. The topological polar surface area (TPSA) is 68.0 Å². The van der Waals surface area contributed by atoms with E-state index in [-0.39, 0.29) is 17.1 Å². The number of hydrogen-bond donors (Lipinski definition) is 2. The monoisotopic (exact) mass is 309 g/mol. The van der Waals surface area contributed by atoms with E-state index in [9.17, 15) is 9.18 Å². The largest absolute Gasteiger partial charge is 0.320 e. The van der Waals surface area contributed by atoms with Crippen LogP contribution in [0.3, 0.4) is 0 Å². The van der Waals surface area contributed by atoms with E-state index >= 15 is 0 Å². The first-order valence-corrected chi connectivity index (χ1v) is 6.71. The van der Waals surface area contributed by atoms with Gasteiger partial charge < -0.3 is 5.73 Å². The highest BCUT2D eigenvalue weighted by atomic mass is 35.5. The van der Waals surface area contributed by atoms with Gasteiger partial charge >= 0.3 is 0 Å². The molecule has 2 aromatic rings. The average Bonchev–Trinajstić information content (AvgIpc) is 2.87. The number of carbonyl (C=O) groups excluding carboxylic acids is 1. The van der Waals surface area contributed by atoms with Crippen molar-refractivity contribution in [3.05, 3.63) is 45.7 Å². The number of nitrogens with one attached hydrogen (secondary N) is 1. The molecule has 0 radical (unpaired) electrons. The van der Waals surface area contributed by atoms with E-state index in [2.05, 4.69) is 22.1 Å². The first-order chi connectivity index (χ1) is 9.61. The van der Waals surface area contributed by atoms with E-state index in [1.807, 2.05) is 0 Å². The van der Waals surface area contributed by atoms with Gasteiger partial charge in [0.15, 0.2) is 10.9 Å². The van der Waals surface area contributed by atoms with Gasteiger partial charge in [0.2, 0.25) is 0 Å². The molecular formula is C13H9ClFN3OS. The zero-order chi connectivity index (χ0) is 14.5. The van der Waals surface area contributed by atoms with Crippen molar-refractivity contribution < 1.29 is 9.18 Å². The van der Waals surface area contributed by atoms with Crippen LogP contribution >= 0.6 is 22.9 Å². The molecule has 0 spiro atoms. The third-order valence-electron chi connectivity index (χ3n) is 2.24. The molecule has 102 valence electrons. The summed E-state index contributed by atoms with van der Waals surface area (Å²) in [7, 11) is 0. The summed E-state index contributed by atoms with van der Waals surface area (Å²) in [6, 6.07) is 4.22. The molecule has 1 amide bonds. The highest BCUT2D eigenvalue weighted by Gasteiger charge is 2.15. The standard InChI is InChI=1S/C13H9ClFN3OS/c14-10-5-1-4-9(11(10)15)12(19)18-13-17-7-8(20-13)3-2-6-16/h1,4-5,7H,6,16H2,(H,17,18,19). The first kappa shape index (κ1) is 14.5. The average molecular weight is 310 g/mol. The smallest absolute Gasteiger partial charge is 0.260 e. The lowest BCUT2D eigenvalue weighted by Crippen LogP contribution is -2.13. The number of anilines is 1. The van der Waals surface area contributed by atoms with E-state index in [1.54, 1.807) is 0 Å². The molecule has 1 aromatic heterocycles. The molecule has 0 bridgehead atoms. The predicted molar refractivity (Wildman–Crippen MR) is 77.4 cm³/mol. The van der Waals surface area contributed by atoms with Crippen molar-refractivity contribution in [3.8, 4) is 11.8 Å². The minimum absolute atomic E-state index is 0.105. The maximum Gasteiger partial charge on any atom is 0.260 e. The van der Waals surface area contributed by atoms with Crippen LogP contribution in [0.15, 0.2) is 24.4 Å². The Bertz CT molecular complexity index is 705. The van der Waals surface area contributed by atoms with Crippen LogP contribution in [0.2, 0.25) is 5.02 Å². The zero-order valence-electron chi connectivity index (χ0n) is 10.1. The molecule has 0 atom stereocenters. The molecule has 3 N–H and O–H groups in total. The Labute approximate surface area is 123 Å². The van der Waals surface area contributed by atoms with Crippen molar-refractivity contribution in [2.24, 2.45) is 5.73 Å². The maximum absolute atomic E-state index is 13.7. The zero-order valence-corrected chi connectivity index (χ0v) is 11.7. The molecule has 0 saturated heterocycles. The van der Waals surface area contributed by atoms with Gasteiger partial charge in [-0.3, -0.25) is 10.1 Å². The summed E-state index contributed by atoms with van der Waals surface area (Å²) in [4.78, 5) is 16.5. The van der Waals surface area contributed by atoms with Crippen LogP contribution < -0.4 is 11.1 Å². The van der Waals surface area contributed by atoms with Crippen LogP contribution in [0.5, 0.6) is 0 Å². The second-order valence-corrected chi connectivity index (χ2v) is 5.03. The lowest BCUT2D eigenvalue weighted by atomic mass is 10.2. The van der Waals surface area contributed by atoms with Crippen molar-refractivity contribution in [3.63, 3.8) is 0 Å². The quantitative estimate of drug-likeness (QED) is 0.838. The molecule has 0 unspecified atom stereocenters. The van der Waals surface area contributed by atoms with E-state index in [0.29, 0.717) is 10.0 Å². The summed E-state index contributed by atoms with van der Waals surface area (Å²) in [5.41, 5.74) is 5.12. The maximum atomic E-state index is 13.7. The van der Waals surface area contributed by atoms with Gasteiger partial charge in [-0.2, -0.15) is 0 Å². The van der Waals surface area contributed by atoms with E-state index in [1.165, 1.54) is 35.7 Å². The van der Waals surface area contributed by atoms with Crippen LogP contribution in [-0.2, 0) is 0 Å². The van der Waals surface area contributed by atoms with Crippen molar-refractivity contribution in [1.82, 2.24) is 4.98 Å². The van der Waals surface area contributed by atoms with Crippen LogP contribution in [0, 0.1) is 17.7 Å². The summed E-state index contributed by atoms with van der Waals surface area (Å²) in [6.45, 7) is 0.243. The van der Waals surface area contributed by atoms with Gasteiger partial charge in [-0.05, 0) is 12.1 Å². The Balaban J connectivity index is 2.15. The summed E-state index contributed by atoms with van der Waals surface area (Å²) in [5, 5.41) is 2.72. The highest BCUT2D eigenvalue weighted by Crippen LogP contribution is 2.21. The van der Waals surface area contributed by atoms with Crippen LogP contribution in [0.4, 0.5) is 9.52 Å². The van der Waals surface area contributed by atoms with Gasteiger partial charge in [0.1, 0.15) is 0 Å². The summed E-state index contributed by atoms with van der Waals surface area (Å²) in [5.74, 6) is 4.10. The summed E-state index contributed by atoms with van der Waals surface area (Å²) < 4.78 is 13.7. The number of carbonyl (C=O) groups is 1. The third-order valence-corrected chi connectivity index (χ3v) is 3.36. The number of hydrogen-bond acceptors (Lipinski definition) is 4. The first-order valence-electron chi connectivity index (χ1n) is 5.52. The van der Waals surface area contributed by atoms with Crippen LogP contribution in [0.1, 0.15) is 15.2 Å². The Morgan fingerprint density at radius 2 is 2.35 bits per heavy atom. The molecule has 1 heterocycles. The van der Waals surface area contributed by atoms with E-state index in [4.69, 9.17) is 17.3 Å². The molecule has 0 fully saturated rings. The minimum Gasteiger partial charge on any atom is -0.320 e. The van der Waals surface area contributed by atoms with Crippen molar-refractivity contribution >= 4 is 34.0 Å². The molecule has 7 heteroatoms. The highest BCUT2D eigenvalue weighted by molar-refractivity contribution is 7.16. The number of benzene rings is 1. The molecule has 0 aliphatic carbocycles. The number of halogens is 2. The number of nitrogens with two attached hydrogens (primary N) is 1. The van der Waals surface area contributed by atoms with Gasteiger partial charge in [-0.25, -0.2) is 9.37 Å². The van der Waals surface area contributed by atoms with Crippen LogP contribution in [-0.4, -0.2) is 17.4 Å². The van der Waals surface area contributed by atoms with E-state index in [0.717, 1.165) is 0 Å². The summed E-state index contributed by atoms with van der Waals surface area (Å²) >= 11 is 6.80. The molecule has 0 aliphatic rings. The number of nitrogens with zero attached hydrogens (tertiary/aromatic N) is 1. The number of amides is 1. The minimum atomic E-state index is -0.758. The van der Waals surface area contributed by atoms with Gasteiger partial charge in [0.25, 0.3) is 5.91 Å². The molecule has 0 saturated carbocycles. The van der Waals surface area contributed by atoms with Crippen LogP contribution in [0.25, 0.3) is 0 Å². The SMILES string of the molecule is NCC#Cc1cnc(NC(=O)c2cccc(Cl)c2F)s1. The molecule has 2 rings (SSSR count). The normalized spacial score (nSPS) is 9.75. The van der Waals surface area contributed by atoms with Gasteiger partial charge in [0, 0.05) is 0 Å². The molecular weight excluding hydrogens is 301 g/mol. The fraction of sp³-hybridized carbons (Fsp3) is 0.0769. The third kappa shape index (κ3) is 3.33. The Kier molecular flexibility index (Phi) is 4.69. The lowest BCUT2D eigenvalue weighted by Gasteiger charge is -2.03. The summed E-state index contributed by atoms with van der Waals surface area (Å²) in [6.07, 6.45) is 1.51. The Hall–Kier alpha value is -1.94. The van der Waals surface area contributed by atoms with E-state index < -0.39 is 11.7 Å². The van der Waals surface area contributed by atoms with Gasteiger partial charge in [-0.1, -0.05) is 40.8 Å². The molecule has 4 nitrogen and oxygen atoms in total. The van der Waals surface area contributed by atoms with Gasteiger partial charge in [-0.15, -0.1) is 0 Å². The number of aromatic nitrogens is 1. The fourth-order valence-corrected chi connectivity index (χ4v) is 2.23. The lowest BCUT2D eigenvalue weighted by molar-refractivity contribution is 0.102. The Morgan fingerprint density at radius 3 is 3.10 bits per heavy atom. The molecule has 1 aromatic carbocycles. The number of rotatable bonds is 2. The van der Waals surface area contributed by atoms with Crippen molar-refractivity contribution in [1.29, 1.82) is 0 Å². The van der Waals surface area contributed by atoms with Gasteiger partial charge in [0.05, 0.1) is 28.2 Å². The number of thiazole rings is 1. The fourth-order valence-electron chi connectivity index (χ4n) is 1.37. The van der Waals surface area contributed by atoms with Crippen molar-refractivity contribution in [2.45, 2.75) is 0 Å². The Morgan fingerprint density at radius 1 is 1.55 bits per heavy atom. The predicted octanol–water partition coefficient (Wildman–Crippen LogP) is 2.50. The molecule has 20 heavy (non-hydrogen) atoms. The van der Waals surface area contributed by atoms with Crippen molar-refractivity contribution in [2.75, 3.05) is 11.9 Å². The second kappa shape index (κ2) is 6.48.